The number of morpholine rings is 1. The van der Waals surface area contributed by atoms with Crippen LogP contribution in [0.3, 0.4) is 0 Å². The van der Waals surface area contributed by atoms with Crippen molar-refractivity contribution in [1.29, 1.82) is 0 Å². The van der Waals surface area contributed by atoms with Crippen molar-refractivity contribution in [3.8, 4) is 0 Å². The van der Waals surface area contributed by atoms with Crippen LogP contribution in [0.15, 0.2) is 0 Å². The largest absolute Gasteiger partial charge is 0.379 e. The lowest BCUT2D eigenvalue weighted by molar-refractivity contribution is 0.0154. The second-order valence-electron chi connectivity index (χ2n) is 5.81. The van der Waals surface area contributed by atoms with Crippen molar-refractivity contribution >= 4 is 11.5 Å². The lowest BCUT2D eigenvalue weighted by atomic mass is 10.0. The summed E-state index contributed by atoms with van der Waals surface area (Å²) in [6, 6.07) is 0.684. The molecule has 2 aliphatic heterocycles. The van der Waals surface area contributed by atoms with Gasteiger partial charge >= 0.3 is 0 Å². The molecule has 1 aromatic rings. The number of aromatic nitrogens is 2. The first-order valence-corrected chi connectivity index (χ1v) is 8.42. The fourth-order valence-corrected chi connectivity index (χ4v) is 3.80. The Kier molecular flexibility index (Phi) is 4.99. The smallest absolute Gasteiger partial charge is 0.0769 e. The van der Waals surface area contributed by atoms with Crippen LogP contribution in [-0.2, 0) is 11.3 Å². The summed E-state index contributed by atoms with van der Waals surface area (Å²) in [4.78, 5) is 6.53. The minimum atomic E-state index is 0.684. The number of ether oxygens (including phenoxy) is 1. The van der Waals surface area contributed by atoms with Gasteiger partial charge in [0, 0.05) is 32.2 Å². The van der Waals surface area contributed by atoms with Crippen molar-refractivity contribution in [2.45, 2.75) is 38.8 Å². The van der Waals surface area contributed by atoms with Crippen LogP contribution in [0.2, 0.25) is 0 Å². The molecule has 0 bridgehead atoms. The van der Waals surface area contributed by atoms with Gasteiger partial charge in [-0.25, -0.2) is 0 Å². The number of piperidine rings is 1. The molecule has 0 N–H and O–H groups in total. The van der Waals surface area contributed by atoms with E-state index in [9.17, 15) is 0 Å². The Hall–Kier alpha value is -0.560. The lowest BCUT2D eigenvalue weighted by Gasteiger charge is -2.39. The van der Waals surface area contributed by atoms with Crippen LogP contribution < -0.4 is 0 Å². The molecule has 0 radical (unpaired) electrons. The van der Waals surface area contributed by atoms with Crippen molar-refractivity contribution in [2.24, 2.45) is 0 Å². The number of hydrogen-bond donors (Lipinski definition) is 0. The molecular formula is C14H24N4OS. The highest BCUT2D eigenvalue weighted by molar-refractivity contribution is 7.05. The molecular weight excluding hydrogens is 272 g/mol. The van der Waals surface area contributed by atoms with Gasteiger partial charge in [0.15, 0.2) is 0 Å². The zero-order chi connectivity index (χ0) is 13.8. The van der Waals surface area contributed by atoms with Crippen LogP contribution in [0, 0.1) is 6.92 Å². The average Bonchev–Trinajstić information content (AvgIpc) is 2.88. The molecule has 2 fully saturated rings. The van der Waals surface area contributed by atoms with Crippen LogP contribution >= 0.6 is 11.5 Å². The summed E-state index contributed by atoms with van der Waals surface area (Å²) in [5, 5.41) is 4.14. The predicted octanol–water partition coefficient (Wildman–Crippen LogP) is 1.53. The average molecular weight is 296 g/mol. The van der Waals surface area contributed by atoms with E-state index in [0.29, 0.717) is 6.04 Å². The first-order valence-electron chi connectivity index (χ1n) is 7.65. The van der Waals surface area contributed by atoms with Crippen molar-refractivity contribution in [1.82, 2.24) is 19.4 Å². The van der Waals surface area contributed by atoms with E-state index in [1.807, 2.05) is 0 Å². The minimum Gasteiger partial charge on any atom is -0.379 e. The molecule has 5 nitrogen and oxygen atoms in total. The van der Waals surface area contributed by atoms with Crippen molar-refractivity contribution < 1.29 is 4.74 Å². The van der Waals surface area contributed by atoms with Crippen LogP contribution in [-0.4, -0.2) is 64.8 Å². The highest BCUT2D eigenvalue weighted by Crippen LogP contribution is 2.22. The highest BCUT2D eigenvalue weighted by atomic mass is 32.1. The molecule has 20 heavy (non-hydrogen) atoms. The van der Waals surface area contributed by atoms with E-state index in [4.69, 9.17) is 4.74 Å². The number of nitrogens with zero attached hydrogens (tertiary/aromatic N) is 4. The molecule has 2 saturated heterocycles. The Labute approximate surface area is 125 Å². The normalized spacial score (nSPS) is 25.9. The Bertz CT molecular complexity index is 419. The van der Waals surface area contributed by atoms with Gasteiger partial charge in [0.05, 0.1) is 23.8 Å². The van der Waals surface area contributed by atoms with Gasteiger partial charge in [-0.3, -0.25) is 9.80 Å². The molecule has 0 aromatic carbocycles. The van der Waals surface area contributed by atoms with Gasteiger partial charge in [-0.15, -0.1) is 5.10 Å². The Morgan fingerprint density at radius 1 is 1.25 bits per heavy atom. The van der Waals surface area contributed by atoms with Crippen molar-refractivity contribution in [2.75, 3.05) is 39.4 Å². The fraction of sp³-hybridized carbons (Fsp3) is 0.857. The maximum atomic E-state index is 5.45. The molecule has 6 heteroatoms. The van der Waals surface area contributed by atoms with Crippen LogP contribution in [0.5, 0.6) is 0 Å². The van der Waals surface area contributed by atoms with Gasteiger partial charge in [-0.05, 0) is 37.8 Å². The summed E-state index contributed by atoms with van der Waals surface area (Å²) in [6.07, 6.45) is 4.01. The Morgan fingerprint density at radius 3 is 2.85 bits per heavy atom. The van der Waals surface area contributed by atoms with Crippen LogP contribution in [0.25, 0.3) is 0 Å². The van der Waals surface area contributed by atoms with Gasteiger partial charge in [0.2, 0.25) is 0 Å². The van der Waals surface area contributed by atoms with E-state index in [1.54, 1.807) is 11.5 Å². The first kappa shape index (κ1) is 14.4. The monoisotopic (exact) mass is 296 g/mol. The van der Waals surface area contributed by atoms with E-state index in [0.717, 1.165) is 38.5 Å². The number of aryl methyl sites for hydroxylation is 1. The van der Waals surface area contributed by atoms with Gasteiger partial charge in [0.1, 0.15) is 0 Å². The molecule has 1 atom stereocenters. The summed E-state index contributed by atoms with van der Waals surface area (Å²) in [7, 11) is 0. The minimum absolute atomic E-state index is 0.684. The van der Waals surface area contributed by atoms with Crippen LogP contribution in [0.1, 0.15) is 29.8 Å². The second-order valence-corrected chi connectivity index (χ2v) is 6.65. The SMILES string of the molecule is Cc1nnsc1CN1CCCCC1CN1CCOCC1. The maximum absolute atomic E-state index is 5.45. The zero-order valence-corrected chi connectivity index (χ0v) is 13.1. The second kappa shape index (κ2) is 6.93. The first-order chi connectivity index (χ1) is 9.83. The topological polar surface area (TPSA) is 41.5 Å². The van der Waals surface area contributed by atoms with E-state index in [-0.39, 0.29) is 0 Å². The summed E-state index contributed by atoms with van der Waals surface area (Å²) in [5.74, 6) is 0. The van der Waals surface area contributed by atoms with Crippen molar-refractivity contribution in [3.63, 3.8) is 0 Å². The summed E-state index contributed by atoms with van der Waals surface area (Å²) < 4.78 is 9.51. The van der Waals surface area contributed by atoms with Gasteiger partial charge in [-0.2, -0.15) is 0 Å². The molecule has 1 aromatic heterocycles. The highest BCUT2D eigenvalue weighted by Gasteiger charge is 2.26. The molecule has 0 spiro atoms. The number of rotatable bonds is 4. The number of likely N-dealkylation sites (tertiary alicyclic amines) is 1. The molecule has 0 aliphatic carbocycles. The molecule has 3 rings (SSSR count). The standard InChI is InChI=1S/C14H24N4OS/c1-12-14(20-16-15-12)11-18-5-3-2-4-13(18)10-17-6-8-19-9-7-17/h13H,2-11H2,1H3. The van der Waals surface area contributed by atoms with E-state index in [1.165, 1.54) is 37.2 Å². The summed E-state index contributed by atoms with van der Waals surface area (Å²) >= 11 is 1.55. The lowest BCUT2D eigenvalue weighted by Crippen LogP contribution is -2.49. The summed E-state index contributed by atoms with van der Waals surface area (Å²) in [6.45, 7) is 9.46. The third-order valence-electron chi connectivity index (χ3n) is 4.41. The van der Waals surface area contributed by atoms with E-state index in [2.05, 4.69) is 26.3 Å². The van der Waals surface area contributed by atoms with Gasteiger partial charge in [-0.1, -0.05) is 10.9 Å². The third kappa shape index (κ3) is 3.55. The Balaban J connectivity index is 1.59. The van der Waals surface area contributed by atoms with Gasteiger partial charge < -0.3 is 4.74 Å². The maximum Gasteiger partial charge on any atom is 0.0769 e. The quantitative estimate of drug-likeness (QED) is 0.843. The summed E-state index contributed by atoms with van der Waals surface area (Å²) in [5.41, 5.74) is 1.10. The zero-order valence-electron chi connectivity index (χ0n) is 12.3. The van der Waals surface area contributed by atoms with E-state index < -0.39 is 0 Å². The molecule has 2 aliphatic rings. The molecule has 3 heterocycles. The van der Waals surface area contributed by atoms with Crippen LogP contribution in [0.4, 0.5) is 0 Å². The molecule has 0 amide bonds. The van der Waals surface area contributed by atoms with Crippen molar-refractivity contribution in [3.05, 3.63) is 10.6 Å². The fourth-order valence-electron chi connectivity index (χ4n) is 3.14. The predicted molar refractivity (Wildman–Crippen MR) is 80.0 cm³/mol. The van der Waals surface area contributed by atoms with Gasteiger partial charge in [0.25, 0.3) is 0 Å². The molecule has 1 unspecified atom stereocenters. The van der Waals surface area contributed by atoms with E-state index >= 15 is 0 Å². The Morgan fingerprint density at radius 2 is 2.10 bits per heavy atom. The molecule has 0 saturated carbocycles. The molecule has 112 valence electrons. The number of hydrogen-bond acceptors (Lipinski definition) is 6. The third-order valence-corrected chi connectivity index (χ3v) is 5.22.